The van der Waals surface area contributed by atoms with Gasteiger partial charge in [-0.05, 0) is 30.0 Å². The molecule has 1 aromatic heterocycles. The van der Waals surface area contributed by atoms with Crippen molar-refractivity contribution in [2.45, 2.75) is 19.0 Å². The van der Waals surface area contributed by atoms with E-state index < -0.39 is 11.6 Å². The second-order valence-corrected chi connectivity index (χ2v) is 8.06. The second-order valence-electron chi connectivity index (χ2n) is 7.03. The van der Waals surface area contributed by atoms with Crippen molar-refractivity contribution in [3.8, 4) is 0 Å². The zero-order valence-corrected chi connectivity index (χ0v) is 20.0. The molecular weight excluding hydrogens is 523 g/mol. The van der Waals surface area contributed by atoms with Gasteiger partial charge >= 0.3 is 0 Å². The fourth-order valence-electron chi connectivity index (χ4n) is 3.09. The van der Waals surface area contributed by atoms with Crippen molar-refractivity contribution in [1.82, 2.24) is 15.5 Å². The smallest absolute Gasteiger partial charge is 0.243 e. The molecule has 0 radical (unpaired) electrons. The summed E-state index contributed by atoms with van der Waals surface area (Å²) in [6.45, 7) is 1.58. The highest BCUT2D eigenvalue weighted by molar-refractivity contribution is 14.0. The summed E-state index contributed by atoms with van der Waals surface area (Å²) in [6.07, 6.45) is 0.703. The van der Waals surface area contributed by atoms with Crippen LogP contribution in [0, 0.1) is 11.6 Å². The Morgan fingerprint density at radius 2 is 2.00 bits per heavy atom. The molecule has 1 aromatic carbocycles. The third kappa shape index (κ3) is 6.53. The van der Waals surface area contributed by atoms with E-state index in [2.05, 4.69) is 15.6 Å². The van der Waals surface area contributed by atoms with Crippen LogP contribution in [0.1, 0.15) is 11.3 Å². The number of aliphatic imine (C=N–C) groups is 1. The fourth-order valence-corrected chi connectivity index (χ4v) is 3.73. The average molecular weight is 549 g/mol. The van der Waals surface area contributed by atoms with E-state index in [0.29, 0.717) is 32.0 Å². The number of amides is 1. The van der Waals surface area contributed by atoms with Crippen molar-refractivity contribution in [3.63, 3.8) is 0 Å². The zero-order valence-electron chi connectivity index (χ0n) is 16.9. The predicted molar refractivity (Wildman–Crippen MR) is 128 cm³/mol. The van der Waals surface area contributed by atoms with Crippen molar-refractivity contribution in [2.75, 3.05) is 38.6 Å². The molecule has 1 atom stereocenters. The van der Waals surface area contributed by atoms with Gasteiger partial charge in [-0.3, -0.25) is 4.79 Å². The Labute approximate surface area is 196 Å². The van der Waals surface area contributed by atoms with Crippen LogP contribution >= 0.6 is 35.3 Å². The number of rotatable bonds is 6. The first kappa shape index (κ1) is 24.3. The molecule has 0 bridgehead atoms. The maximum atomic E-state index is 14.1. The van der Waals surface area contributed by atoms with E-state index >= 15 is 0 Å². The minimum absolute atomic E-state index is 0. The average Bonchev–Trinajstić information content (AvgIpc) is 3.35. The molecule has 0 aliphatic carbocycles. The van der Waals surface area contributed by atoms with Crippen LogP contribution in [-0.2, 0) is 11.3 Å². The number of para-hydroxylation sites is 1. The van der Waals surface area contributed by atoms with Crippen LogP contribution in [0.4, 0.5) is 14.5 Å². The van der Waals surface area contributed by atoms with E-state index in [1.165, 1.54) is 23.1 Å². The minimum Gasteiger partial charge on any atom is -0.365 e. The number of carbonyl (C=O) groups excluding carboxylic acids is 1. The van der Waals surface area contributed by atoms with Crippen LogP contribution in [-0.4, -0.2) is 56.5 Å². The molecule has 0 spiro atoms. The lowest BCUT2D eigenvalue weighted by Crippen LogP contribution is -2.45. The highest BCUT2D eigenvalue weighted by atomic mass is 127. The van der Waals surface area contributed by atoms with Crippen LogP contribution in [0.15, 0.2) is 40.7 Å². The number of nitrogens with one attached hydrogen (secondary N) is 2. The van der Waals surface area contributed by atoms with Gasteiger partial charge < -0.3 is 20.4 Å². The van der Waals surface area contributed by atoms with Crippen LogP contribution in [0.5, 0.6) is 0 Å². The first-order valence-electron chi connectivity index (χ1n) is 9.40. The first-order valence-corrected chi connectivity index (χ1v) is 10.3. The molecule has 1 fully saturated rings. The van der Waals surface area contributed by atoms with Crippen LogP contribution in [0.25, 0.3) is 0 Å². The van der Waals surface area contributed by atoms with Gasteiger partial charge in [-0.2, -0.15) is 0 Å². The van der Waals surface area contributed by atoms with Crippen molar-refractivity contribution in [3.05, 3.63) is 52.2 Å². The zero-order chi connectivity index (χ0) is 20.8. The first-order chi connectivity index (χ1) is 13.9. The second kappa shape index (κ2) is 11.4. The maximum absolute atomic E-state index is 14.1. The summed E-state index contributed by atoms with van der Waals surface area (Å²) in [4.78, 5) is 20.6. The van der Waals surface area contributed by atoms with Gasteiger partial charge in [0.05, 0.1) is 6.54 Å². The van der Waals surface area contributed by atoms with Gasteiger partial charge in [-0.1, -0.05) is 12.1 Å². The summed E-state index contributed by atoms with van der Waals surface area (Å²) in [6, 6.07) is 7.83. The van der Waals surface area contributed by atoms with Crippen molar-refractivity contribution >= 4 is 52.9 Å². The van der Waals surface area contributed by atoms with E-state index in [-0.39, 0.29) is 48.2 Å². The summed E-state index contributed by atoms with van der Waals surface area (Å²) in [5.74, 6) is -0.725. The Balaban J connectivity index is 0.00000320. The molecule has 0 saturated carbocycles. The molecule has 164 valence electrons. The van der Waals surface area contributed by atoms with E-state index in [1.807, 2.05) is 17.5 Å². The SMILES string of the molecule is CN(C)C(=O)CN=C(NCc1cccs1)NC1CCN(c2c(F)cccc2F)C1.I. The molecule has 2 aromatic rings. The van der Waals surface area contributed by atoms with Crippen molar-refractivity contribution < 1.29 is 13.6 Å². The van der Waals surface area contributed by atoms with Crippen molar-refractivity contribution in [2.24, 2.45) is 4.99 Å². The highest BCUT2D eigenvalue weighted by Crippen LogP contribution is 2.26. The predicted octanol–water partition coefficient (Wildman–Crippen LogP) is 3.05. The molecule has 2 N–H and O–H groups in total. The molecular formula is C20H26F2IN5OS. The molecule has 1 unspecified atom stereocenters. The number of anilines is 1. The normalized spacial score (nSPS) is 16.2. The van der Waals surface area contributed by atoms with Gasteiger partial charge in [0, 0.05) is 38.1 Å². The number of likely N-dealkylation sites (N-methyl/N-ethyl adjacent to an activating group) is 1. The quantitative estimate of drug-likeness (QED) is 0.331. The van der Waals surface area contributed by atoms with Crippen LogP contribution in [0.2, 0.25) is 0 Å². The van der Waals surface area contributed by atoms with E-state index in [0.717, 1.165) is 4.88 Å². The number of nitrogens with zero attached hydrogens (tertiary/aromatic N) is 3. The van der Waals surface area contributed by atoms with Gasteiger partial charge in [0.25, 0.3) is 0 Å². The van der Waals surface area contributed by atoms with Gasteiger partial charge in [-0.25, -0.2) is 13.8 Å². The summed E-state index contributed by atoms with van der Waals surface area (Å²) in [5, 5.41) is 8.52. The lowest BCUT2D eigenvalue weighted by Gasteiger charge is -2.21. The standard InChI is InChI=1S/C20H25F2N5OS.HI/c1-26(2)18(28)12-24-20(23-11-15-5-4-10-29-15)25-14-8-9-27(13-14)19-16(21)6-3-7-17(19)22;/h3-7,10,14H,8-9,11-13H2,1-2H3,(H2,23,24,25);1H. The number of hydrogen-bond donors (Lipinski definition) is 2. The molecule has 3 rings (SSSR count). The molecule has 1 saturated heterocycles. The Kier molecular flexibility index (Phi) is 9.28. The number of carbonyl (C=O) groups is 1. The Bertz CT molecular complexity index is 843. The molecule has 1 amide bonds. The van der Waals surface area contributed by atoms with Crippen LogP contribution in [0.3, 0.4) is 0 Å². The van der Waals surface area contributed by atoms with E-state index in [4.69, 9.17) is 0 Å². The lowest BCUT2D eigenvalue weighted by molar-refractivity contribution is -0.127. The summed E-state index contributed by atoms with van der Waals surface area (Å²) in [7, 11) is 3.36. The van der Waals surface area contributed by atoms with Crippen LogP contribution < -0.4 is 15.5 Å². The summed E-state index contributed by atoms with van der Waals surface area (Å²) < 4.78 is 28.2. The third-order valence-corrected chi connectivity index (χ3v) is 5.54. The lowest BCUT2D eigenvalue weighted by atomic mass is 10.2. The number of benzene rings is 1. The molecule has 6 nitrogen and oxygen atoms in total. The van der Waals surface area contributed by atoms with Gasteiger partial charge in [0.15, 0.2) is 5.96 Å². The van der Waals surface area contributed by atoms with Gasteiger partial charge in [-0.15, -0.1) is 35.3 Å². The Morgan fingerprint density at radius 1 is 1.27 bits per heavy atom. The minimum atomic E-state index is -0.563. The highest BCUT2D eigenvalue weighted by Gasteiger charge is 2.27. The van der Waals surface area contributed by atoms with Gasteiger partial charge in [0.2, 0.25) is 5.91 Å². The maximum Gasteiger partial charge on any atom is 0.243 e. The Hall–Kier alpha value is -1.95. The fraction of sp³-hybridized carbons (Fsp3) is 0.400. The number of thiophene rings is 1. The number of guanidine groups is 1. The molecule has 30 heavy (non-hydrogen) atoms. The van der Waals surface area contributed by atoms with Crippen molar-refractivity contribution in [1.29, 1.82) is 0 Å². The van der Waals surface area contributed by atoms with Gasteiger partial charge in [0.1, 0.15) is 23.9 Å². The third-order valence-electron chi connectivity index (χ3n) is 4.66. The van der Waals surface area contributed by atoms with E-state index in [9.17, 15) is 13.6 Å². The molecule has 2 heterocycles. The summed E-state index contributed by atoms with van der Waals surface area (Å²) in [5.41, 5.74) is 0.00428. The molecule has 1 aliphatic rings. The van der Waals surface area contributed by atoms with E-state index in [1.54, 1.807) is 30.3 Å². The number of halogens is 3. The Morgan fingerprint density at radius 3 is 2.63 bits per heavy atom. The number of hydrogen-bond acceptors (Lipinski definition) is 4. The monoisotopic (exact) mass is 549 g/mol. The molecule has 10 heteroatoms. The summed E-state index contributed by atoms with van der Waals surface area (Å²) >= 11 is 1.63. The largest absolute Gasteiger partial charge is 0.365 e. The molecule has 1 aliphatic heterocycles. The topological polar surface area (TPSA) is 60.0 Å².